The molecule has 0 saturated heterocycles. The first-order valence-corrected chi connectivity index (χ1v) is 6.20. The summed E-state index contributed by atoms with van der Waals surface area (Å²) < 4.78 is 40.1. The third-order valence-corrected chi connectivity index (χ3v) is 2.75. The van der Waals surface area contributed by atoms with E-state index in [9.17, 15) is 13.2 Å². The molecule has 0 unspecified atom stereocenters. The molecule has 0 fully saturated rings. The van der Waals surface area contributed by atoms with Crippen molar-refractivity contribution in [1.82, 2.24) is 15.0 Å². The number of rotatable bonds is 3. The topological polar surface area (TPSA) is 59.9 Å². The predicted molar refractivity (Wildman–Crippen MR) is 73.7 cm³/mol. The van der Waals surface area contributed by atoms with Gasteiger partial charge in [-0.2, -0.15) is 0 Å². The van der Waals surface area contributed by atoms with E-state index in [1.807, 2.05) is 0 Å². The van der Waals surface area contributed by atoms with E-state index in [4.69, 9.17) is 0 Å². The molecule has 0 aliphatic heterocycles. The van der Waals surface area contributed by atoms with Crippen LogP contribution in [0.25, 0.3) is 11.0 Å². The van der Waals surface area contributed by atoms with E-state index in [0.717, 1.165) is 0 Å². The van der Waals surface area contributed by atoms with Crippen LogP contribution in [0.4, 0.5) is 24.7 Å². The number of halogens is 3. The highest BCUT2D eigenvalue weighted by atomic mass is 19.4. The average Bonchev–Trinajstić information content (AvgIpc) is 2.48. The van der Waals surface area contributed by atoms with Gasteiger partial charge in [0.2, 0.25) is 0 Å². The fraction of sp³-hybridized carbons (Fsp3) is 0.0714. The molecule has 2 heterocycles. The van der Waals surface area contributed by atoms with E-state index in [2.05, 4.69) is 25.0 Å². The maximum Gasteiger partial charge on any atom is 0.573 e. The Morgan fingerprint density at radius 1 is 0.955 bits per heavy atom. The Morgan fingerprint density at radius 2 is 1.73 bits per heavy atom. The van der Waals surface area contributed by atoms with Gasteiger partial charge in [0.05, 0.1) is 5.52 Å². The Labute approximate surface area is 122 Å². The molecule has 3 aromatic rings. The summed E-state index contributed by atoms with van der Waals surface area (Å²) in [6.07, 6.45) is -1.72. The number of aromatic nitrogens is 3. The van der Waals surface area contributed by atoms with Crippen molar-refractivity contribution in [2.24, 2.45) is 0 Å². The Morgan fingerprint density at radius 3 is 2.45 bits per heavy atom. The van der Waals surface area contributed by atoms with Crippen molar-refractivity contribution < 1.29 is 17.9 Å². The van der Waals surface area contributed by atoms with Crippen LogP contribution in [0.1, 0.15) is 0 Å². The van der Waals surface area contributed by atoms with Crippen LogP contribution in [0.2, 0.25) is 0 Å². The van der Waals surface area contributed by atoms with Gasteiger partial charge in [-0.3, -0.25) is 4.98 Å². The number of alkyl halides is 3. The largest absolute Gasteiger partial charge is 0.573 e. The SMILES string of the molecule is FC(F)(F)Oc1ccc(Nc2ncnc3cccnc23)cc1. The molecule has 5 nitrogen and oxygen atoms in total. The van der Waals surface area contributed by atoms with Crippen LogP contribution in [-0.4, -0.2) is 21.3 Å². The van der Waals surface area contributed by atoms with Crippen LogP contribution in [0.3, 0.4) is 0 Å². The molecule has 1 aromatic carbocycles. The maximum absolute atomic E-state index is 12.1. The molecule has 22 heavy (non-hydrogen) atoms. The molecule has 0 spiro atoms. The molecule has 0 aliphatic rings. The highest BCUT2D eigenvalue weighted by Crippen LogP contribution is 2.26. The Balaban J connectivity index is 1.83. The summed E-state index contributed by atoms with van der Waals surface area (Å²) in [7, 11) is 0. The highest BCUT2D eigenvalue weighted by molar-refractivity contribution is 5.86. The lowest BCUT2D eigenvalue weighted by atomic mass is 10.3. The van der Waals surface area contributed by atoms with Crippen LogP contribution in [0.15, 0.2) is 48.9 Å². The van der Waals surface area contributed by atoms with Crippen molar-refractivity contribution in [2.45, 2.75) is 6.36 Å². The summed E-state index contributed by atoms with van der Waals surface area (Å²) in [5.41, 5.74) is 1.79. The third kappa shape index (κ3) is 3.22. The Bertz CT molecular complexity index is 785. The molecule has 0 saturated carbocycles. The summed E-state index contributed by atoms with van der Waals surface area (Å²) in [5.74, 6) is 0.179. The molecule has 0 atom stereocenters. The number of anilines is 2. The molecule has 1 N–H and O–H groups in total. The summed E-state index contributed by atoms with van der Waals surface area (Å²) in [6.45, 7) is 0. The molecule has 8 heteroatoms. The second-order valence-electron chi connectivity index (χ2n) is 4.29. The zero-order chi connectivity index (χ0) is 15.6. The second kappa shape index (κ2) is 5.47. The number of nitrogens with zero attached hydrogens (tertiary/aromatic N) is 3. The molecule has 112 valence electrons. The van der Waals surface area contributed by atoms with Gasteiger partial charge in [0.1, 0.15) is 17.6 Å². The van der Waals surface area contributed by atoms with Gasteiger partial charge in [-0.1, -0.05) is 0 Å². The fourth-order valence-corrected chi connectivity index (χ4v) is 1.86. The summed E-state index contributed by atoms with van der Waals surface area (Å²) in [5, 5.41) is 2.99. The molecular formula is C14H9F3N4O. The first-order chi connectivity index (χ1) is 10.5. The van der Waals surface area contributed by atoms with Crippen molar-refractivity contribution in [3.8, 4) is 5.75 Å². The van der Waals surface area contributed by atoms with Crippen molar-refractivity contribution in [1.29, 1.82) is 0 Å². The van der Waals surface area contributed by atoms with Gasteiger partial charge in [-0.05, 0) is 36.4 Å². The van der Waals surface area contributed by atoms with Gasteiger partial charge in [-0.15, -0.1) is 13.2 Å². The Kier molecular flexibility index (Phi) is 3.50. The average molecular weight is 306 g/mol. The normalized spacial score (nSPS) is 11.4. The third-order valence-electron chi connectivity index (χ3n) is 2.75. The van der Waals surface area contributed by atoms with Crippen LogP contribution in [0.5, 0.6) is 5.75 Å². The van der Waals surface area contributed by atoms with Crippen molar-refractivity contribution in [2.75, 3.05) is 5.32 Å². The van der Waals surface area contributed by atoms with Gasteiger partial charge in [0.15, 0.2) is 5.82 Å². The van der Waals surface area contributed by atoms with Gasteiger partial charge in [0.25, 0.3) is 0 Å². The van der Waals surface area contributed by atoms with E-state index in [1.165, 1.54) is 30.6 Å². The molecule has 0 aliphatic carbocycles. The number of nitrogens with one attached hydrogen (secondary N) is 1. The van der Waals surface area contributed by atoms with Crippen molar-refractivity contribution >= 4 is 22.5 Å². The lowest BCUT2D eigenvalue weighted by Gasteiger charge is -2.10. The minimum absolute atomic E-state index is 0.288. The van der Waals surface area contributed by atoms with E-state index in [-0.39, 0.29) is 5.75 Å². The van der Waals surface area contributed by atoms with E-state index in [1.54, 1.807) is 18.3 Å². The number of benzene rings is 1. The number of fused-ring (bicyclic) bond motifs is 1. The van der Waals surface area contributed by atoms with Gasteiger partial charge < -0.3 is 10.1 Å². The molecule has 0 amide bonds. The van der Waals surface area contributed by atoms with Crippen LogP contribution >= 0.6 is 0 Å². The maximum atomic E-state index is 12.1. The molecular weight excluding hydrogens is 297 g/mol. The van der Waals surface area contributed by atoms with Gasteiger partial charge in [0, 0.05) is 11.9 Å². The number of hydrogen-bond acceptors (Lipinski definition) is 5. The molecule has 2 aromatic heterocycles. The monoisotopic (exact) mass is 306 g/mol. The standard InChI is InChI=1S/C14H9F3N4O/c15-14(16,17)22-10-5-3-9(4-6-10)21-13-12-11(19-8-20-13)2-1-7-18-12/h1-8H,(H,19,20,21). The number of hydrogen-bond donors (Lipinski definition) is 1. The minimum atomic E-state index is -4.71. The van der Waals surface area contributed by atoms with E-state index >= 15 is 0 Å². The molecule has 0 bridgehead atoms. The fourth-order valence-electron chi connectivity index (χ4n) is 1.86. The predicted octanol–water partition coefficient (Wildman–Crippen LogP) is 3.67. The lowest BCUT2D eigenvalue weighted by Crippen LogP contribution is -2.16. The molecule has 0 radical (unpaired) electrons. The summed E-state index contributed by atoms with van der Waals surface area (Å²) >= 11 is 0. The van der Waals surface area contributed by atoms with E-state index in [0.29, 0.717) is 22.5 Å². The first kappa shape index (κ1) is 14.1. The first-order valence-electron chi connectivity index (χ1n) is 6.20. The highest BCUT2D eigenvalue weighted by Gasteiger charge is 2.30. The van der Waals surface area contributed by atoms with E-state index < -0.39 is 6.36 Å². The lowest BCUT2D eigenvalue weighted by molar-refractivity contribution is -0.274. The van der Waals surface area contributed by atoms with Crippen LogP contribution in [-0.2, 0) is 0 Å². The zero-order valence-electron chi connectivity index (χ0n) is 11.0. The summed E-state index contributed by atoms with van der Waals surface area (Å²) in [4.78, 5) is 12.3. The van der Waals surface area contributed by atoms with Gasteiger partial charge in [-0.25, -0.2) is 9.97 Å². The van der Waals surface area contributed by atoms with Crippen LogP contribution < -0.4 is 10.1 Å². The summed E-state index contributed by atoms with van der Waals surface area (Å²) in [6, 6.07) is 8.88. The van der Waals surface area contributed by atoms with Crippen molar-refractivity contribution in [3.05, 3.63) is 48.9 Å². The minimum Gasteiger partial charge on any atom is -0.406 e. The zero-order valence-corrected chi connectivity index (χ0v) is 11.0. The quantitative estimate of drug-likeness (QED) is 0.800. The molecule has 3 rings (SSSR count). The smallest absolute Gasteiger partial charge is 0.406 e. The number of ether oxygens (including phenoxy) is 1. The van der Waals surface area contributed by atoms with Crippen LogP contribution in [0, 0.1) is 0 Å². The Hall–Kier alpha value is -2.90. The van der Waals surface area contributed by atoms with Crippen molar-refractivity contribution in [3.63, 3.8) is 0 Å². The number of pyridine rings is 1. The van der Waals surface area contributed by atoms with Gasteiger partial charge >= 0.3 is 6.36 Å². The second-order valence-corrected chi connectivity index (χ2v) is 4.29.